The van der Waals surface area contributed by atoms with Gasteiger partial charge < -0.3 is 25.4 Å². The summed E-state index contributed by atoms with van der Waals surface area (Å²) < 4.78 is 41.6. The van der Waals surface area contributed by atoms with Gasteiger partial charge in [0, 0.05) is 30.4 Å². The summed E-state index contributed by atoms with van der Waals surface area (Å²) in [6.07, 6.45) is -0.151. The highest BCUT2D eigenvalue weighted by Gasteiger charge is 2.40. The number of thioether (sulfide) groups is 2. The van der Waals surface area contributed by atoms with Crippen LogP contribution in [0.15, 0.2) is 48.5 Å². The van der Waals surface area contributed by atoms with Gasteiger partial charge in [0.1, 0.15) is 5.75 Å². The van der Waals surface area contributed by atoms with Gasteiger partial charge in [-0.05, 0) is 85.6 Å². The standard InChI is InChI=1S/C28H32F3N3O5S2/c29-28(30,31)39-23-8-6-21(7-9-23)33-26(38)34(22-10-13-27(14-11-22)40-16-1-17-41-27)18-19-2-4-20(5-3-19)25(37)32-15-12-24(35)36/h2-9,22H,1,10-18H2,(H,32,37)(H,33,38)(H,35,36). The number of urea groups is 1. The molecule has 0 atom stereocenters. The zero-order valence-electron chi connectivity index (χ0n) is 22.2. The molecule has 4 rings (SSSR count). The molecule has 2 aromatic carbocycles. The maximum atomic E-state index is 13.5. The Bertz CT molecular complexity index is 1200. The van der Waals surface area contributed by atoms with E-state index in [1.54, 1.807) is 29.2 Å². The van der Waals surface area contributed by atoms with Gasteiger partial charge in [-0.3, -0.25) is 9.59 Å². The fourth-order valence-electron chi connectivity index (χ4n) is 4.90. The lowest BCUT2D eigenvalue weighted by molar-refractivity contribution is -0.274. The molecule has 2 aliphatic rings. The topological polar surface area (TPSA) is 108 Å². The predicted molar refractivity (Wildman–Crippen MR) is 153 cm³/mol. The minimum atomic E-state index is -4.80. The Hall–Kier alpha value is -3.06. The molecule has 1 spiro atoms. The minimum absolute atomic E-state index is 0.0208. The fourth-order valence-corrected chi connectivity index (χ4v) is 8.29. The van der Waals surface area contributed by atoms with E-state index in [4.69, 9.17) is 5.11 Å². The number of halogens is 3. The van der Waals surface area contributed by atoms with Crippen LogP contribution in [-0.2, 0) is 11.3 Å². The number of carboxylic acids is 1. The van der Waals surface area contributed by atoms with Crippen LogP contribution in [0.5, 0.6) is 5.75 Å². The Morgan fingerprint density at radius 1 is 1.00 bits per heavy atom. The summed E-state index contributed by atoms with van der Waals surface area (Å²) in [7, 11) is 0. The number of ether oxygens (including phenoxy) is 1. The van der Waals surface area contributed by atoms with Gasteiger partial charge in [0.15, 0.2) is 0 Å². The Kier molecular flexibility index (Phi) is 10.3. The number of carboxylic acid groups (broad SMARTS) is 1. The molecule has 3 N–H and O–H groups in total. The number of carbonyl (C=O) groups excluding carboxylic acids is 2. The van der Waals surface area contributed by atoms with Crippen LogP contribution in [0.3, 0.4) is 0 Å². The first kappa shape index (κ1) is 30.9. The first-order valence-corrected chi connectivity index (χ1v) is 15.3. The van der Waals surface area contributed by atoms with Crippen molar-refractivity contribution >= 4 is 47.1 Å². The maximum absolute atomic E-state index is 13.5. The van der Waals surface area contributed by atoms with Crippen molar-refractivity contribution in [2.75, 3.05) is 23.4 Å². The maximum Gasteiger partial charge on any atom is 0.573 e. The van der Waals surface area contributed by atoms with E-state index in [-0.39, 0.29) is 47.3 Å². The highest BCUT2D eigenvalue weighted by Crippen LogP contribution is 2.52. The number of carbonyl (C=O) groups is 3. The molecule has 1 heterocycles. The summed E-state index contributed by atoms with van der Waals surface area (Å²) in [6.45, 7) is 0.298. The van der Waals surface area contributed by atoms with Crippen LogP contribution in [-0.4, -0.2) is 62.4 Å². The summed E-state index contributed by atoms with van der Waals surface area (Å²) in [6, 6.07) is 11.4. The average Bonchev–Trinajstić information content (AvgIpc) is 2.93. The van der Waals surface area contributed by atoms with Gasteiger partial charge in [-0.1, -0.05) is 12.1 Å². The monoisotopic (exact) mass is 611 g/mol. The van der Waals surface area contributed by atoms with Crippen molar-refractivity contribution in [3.8, 4) is 5.75 Å². The SMILES string of the molecule is O=C(O)CCNC(=O)c1ccc(CN(C(=O)Nc2ccc(OC(F)(F)F)cc2)C2CCC3(CC2)SCCCS3)cc1. The van der Waals surface area contributed by atoms with E-state index >= 15 is 0 Å². The molecule has 2 fully saturated rings. The predicted octanol–water partition coefficient (Wildman–Crippen LogP) is 6.33. The van der Waals surface area contributed by atoms with Gasteiger partial charge in [-0.25, -0.2) is 4.79 Å². The second kappa shape index (κ2) is 13.7. The van der Waals surface area contributed by atoms with Crippen LogP contribution in [0.4, 0.5) is 23.7 Å². The molecule has 0 bridgehead atoms. The van der Waals surface area contributed by atoms with E-state index in [1.807, 2.05) is 23.5 Å². The summed E-state index contributed by atoms with van der Waals surface area (Å²) in [5.41, 5.74) is 1.52. The molecule has 41 heavy (non-hydrogen) atoms. The van der Waals surface area contributed by atoms with Crippen LogP contribution >= 0.6 is 23.5 Å². The molecular formula is C28H32F3N3O5S2. The molecule has 1 saturated carbocycles. The van der Waals surface area contributed by atoms with E-state index in [1.165, 1.54) is 18.6 Å². The second-order valence-electron chi connectivity index (χ2n) is 9.92. The summed E-state index contributed by atoms with van der Waals surface area (Å²) >= 11 is 4.03. The van der Waals surface area contributed by atoms with Crippen molar-refractivity contribution in [3.05, 3.63) is 59.7 Å². The molecule has 0 radical (unpaired) electrons. The van der Waals surface area contributed by atoms with Gasteiger partial charge in [-0.15, -0.1) is 36.7 Å². The van der Waals surface area contributed by atoms with Crippen LogP contribution in [0.1, 0.15) is 54.4 Å². The molecule has 222 valence electrons. The number of alkyl halides is 3. The third kappa shape index (κ3) is 9.22. The van der Waals surface area contributed by atoms with E-state index in [0.717, 1.165) is 54.9 Å². The average molecular weight is 612 g/mol. The van der Waals surface area contributed by atoms with Crippen LogP contribution in [0, 0.1) is 0 Å². The third-order valence-electron chi connectivity index (χ3n) is 6.97. The van der Waals surface area contributed by atoms with E-state index in [0.29, 0.717) is 11.3 Å². The number of nitrogens with zero attached hydrogens (tertiary/aromatic N) is 1. The van der Waals surface area contributed by atoms with Crippen molar-refractivity contribution in [2.24, 2.45) is 0 Å². The minimum Gasteiger partial charge on any atom is -0.481 e. The fraction of sp³-hybridized carbons (Fsp3) is 0.464. The number of amides is 3. The Morgan fingerprint density at radius 2 is 1.63 bits per heavy atom. The van der Waals surface area contributed by atoms with Crippen molar-refractivity contribution < 1.29 is 37.4 Å². The summed E-state index contributed by atoms with van der Waals surface area (Å²) in [4.78, 5) is 38.3. The zero-order chi connectivity index (χ0) is 29.5. The molecule has 1 aliphatic carbocycles. The molecular weight excluding hydrogens is 579 g/mol. The number of aliphatic carboxylic acids is 1. The summed E-state index contributed by atoms with van der Waals surface area (Å²) in [5, 5.41) is 14.1. The Labute approximate surface area is 244 Å². The lowest BCUT2D eigenvalue weighted by Crippen LogP contribution is -2.46. The highest BCUT2D eigenvalue weighted by atomic mass is 32.2. The normalized spacial score (nSPS) is 17.0. The first-order valence-electron chi connectivity index (χ1n) is 13.3. The van der Waals surface area contributed by atoms with Crippen molar-refractivity contribution in [1.29, 1.82) is 0 Å². The van der Waals surface area contributed by atoms with E-state index < -0.39 is 12.3 Å². The van der Waals surface area contributed by atoms with Gasteiger partial charge in [0.25, 0.3) is 5.91 Å². The second-order valence-corrected chi connectivity index (χ2v) is 13.1. The van der Waals surface area contributed by atoms with Gasteiger partial charge >= 0.3 is 18.4 Å². The van der Waals surface area contributed by atoms with Crippen molar-refractivity contribution in [3.63, 3.8) is 0 Å². The number of rotatable bonds is 9. The van der Waals surface area contributed by atoms with E-state index in [2.05, 4.69) is 15.4 Å². The first-order chi connectivity index (χ1) is 19.5. The van der Waals surface area contributed by atoms with Crippen molar-refractivity contribution in [2.45, 2.75) is 61.6 Å². The van der Waals surface area contributed by atoms with Gasteiger partial charge in [0.2, 0.25) is 0 Å². The Morgan fingerprint density at radius 3 is 2.22 bits per heavy atom. The van der Waals surface area contributed by atoms with Crippen molar-refractivity contribution in [1.82, 2.24) is 10.2 Å². The quantitative estimate of drug-likeness (QED) is 0.304. The molecule has 8 nitrogen and oxygen atoms in total. The third-order valence-corrected chi connectivity index (χ3v) is 10.5. The van der Waals surface area contributed by atoms with Crippen LogP contribution in [0.25, 0.3) is 0 Å². The molecule has 3 amide bonds. The molecule has 0 unspecified atom stereocenters. The smallest absolute Gasteiger partial charge is 0.481 e. The molecule has 1 aliphatic heterocycles. The number of hydrogen-bond donors (Lipinski definition) is 3. The number of hydrogen-bond acceptors (Lipinski definition) is 6. The van der Waals surface area contributed by atoms with Crippen LogP contribution < -0.4 is 15.4 Å². The molecule has 2 aromatic rings. The highest BCUT2D eigenvalue weighted by molar-refractivity contribution is 8.18. The number of benzene rings is 2. The lowest BCUT2D eigenvalue weighted by Gasteiger charge is -2.44. The number of anilines is 1. The molecule has 1 saturated heterocycles. The lowest BCUT2D eigenvalue weighted by atomic mass is 9.92. The molecule has 13 heteroatoms. The largest absolute Gasteiger partial charge is 0.573 e. The Balaban J connectivity index is 1.45. The van der Waals surface area contributed by atoms with Crippen LogP contribution in [0.2, 0.25) is 0 Å². The molecule has 0 aromatic heterocycles. The zero-order valence-corrected chi connectivity index (χ0v) is 23.9. The van der Waals surface area contributed by atoms with Gasteiger partial charge in [-0.2, -0.15) is 0 Å². The van der Waals surface area contributed by atoms with Gasteiger partial charge in [0.05, 0.1) is 10.5 Å². The van der Waals surface area contributed by atoms with E-state index in [9.17, 15) is 27.6 Å². The summed E-state index contributed by atoms with van der Waals surface area (Å²) in [5.74, 6) is 0.530. The number of nitrogens with one attached hydrogen (secondary N) is 2.